The van der Waals surface area contributed by atoms with E-state index in [1.807, 2.05) is 30.3 Å². The van der Waals surface area contributed by atoms with Gasteiger partial charge in [0.15, 0.2) is 6.10 Å². The van der Waals surface area contributed by atoms with Crippen molar-refractivity contribution in [2.45, 2.75) is 29.6 Å². The number of piperidine rings is 1. The lowest BCUT2D eigenvalue weighted by molar-refractivity contribution is -0.138. The number of carbonyl (C=O) groups is 2. The number of carbonyl (C=O) groups excluding carboxylic acids is 2. The third-order valence-electron chi connectivity index (χ3n) is 3.80. The lowest BCUT2D eigenvalue weighted by atomic mass is 10.1. The molecule has 1 unspecified atom stereocenters. The van der Waals surface area contributed by atoms with Crippen molar-refractivity contribution in [1.82, 2.24) is 5.32 Å². The summed E-state index contributed by atoms with van der Waals surface area (Å²) in [6.45, 7) is 0. The molecule has 1 aliphatic heterocycles. The number of amides is 2. The molecule has 1 aliphatic rings. The largest absolute Gasteiger partial charge is 0.497 e. The van der Waals surface area contributed by atoms with E-state index < -0.39 is 12.0 Å². The zero-order valence-corrected chi connectivity index (χ0v) is 14.7. The molecule has 25 heavy (non-hydrogen) atoms. The van der Waals surface area contributed by atoms with Crippen LogP contribution in [0.25, 0.3) is 0 Å². The van der Waals surface area contributed by atoms with E-state index in [4.69, 9.17) is 9.47 Å². The molecule has 0 spiro atoms. The first-order valence-corrected chi connectivity index (χ1v) is 8.99. The molecule has 1 fully saturated rings. The van der Waals surface area contributed by atoms with Gasteiger partial charge in [-0.05, 0) is 17.7 Å². The fraction of sp³-hybridized carbons (Fsp3) is 0.263. The SMILES string of the molecule is COc1cc(OC2CCC(=O)NC2=O)cc(SCc2ccccc2)c1. The van der Waals surface area contributed by atoms with Gasteiger partial charge in [0, 0.05) is 29.6 Å². The minimum Gasteiger partial charge on any atom is -0.497 e. The maximum Gasteiger partial charge on any atom is 0.267 e. The third-order valence-corrected chi connectivity index (χ3v) is 4.85. The van der Waals surface area contributed by atoms with Crippen molar-refractivity contribution in [2.75, 3.05) is 7.11 Å². The van der Waals surface area contributed by atoms with Gasteiger partial charge in [0.2, 0.25) is 5.91 Å². The smallest absolute Gasteiger partial charge is 0.267 e. The summed E-state index contributed by atoms with van der Waals surface area (Å²) in [6, 6.07) is 15.7. The zero-order chi connectivity index (χ0) is 17.6. The van der Waals surface area contributed by atoms with Crippen molar-refractivity contribution < 1.29 is 19.1 Å². The molecule has 1 N–H and O–H groups in total. The van der Waals surface area contributed by atoms with E-state index in [-0.39, 0.29) is 12.3 Å². The third kappa shape index (κ3) is 4.76. The van der Waals surface area contributed by atoms with E-state index in [0.29, 0.717) is 17.9 Å². The van der Waals surface area contributed by atoms with Gasteiger partial charge in [-0.1, -0.05) is 30.3 Å². The Labute approximate surface area is 150 Å². The van der Waals surface area contributed by atoms with Gasteiger partial charge < -0.3 is 9.47 Å². The molecule has 2 amide bonds. The fourth-order valence-electron chi connectivity index (χ4n) is 2.51. The number of hydrogen-bond donors (Lipinski definition) is 1. The molecule has 130 valence electrons. The molecular weight excluding hydrogens is 338 g/mol. The normalized spacial score (nSPS) is 17.1. The topological polar surface area (TPSA) is 64.6 Å². The Balaban J connectivity index is 1.71. The Kier molecular flexibility index (Phi) is 5.60. The summed E-state index contributed by atoms with van der Waals surface area (Å²) in [5.74, 6) is 1.41. The van der Waals surface area contributed by atoms with E-state index in [9.17, 15) is 9.59 Å². The summed E-state index contributed by atoms with van der Waals surface area (Å²) in [4.78, 5) is 24.1. The number of thioether (sulfide) groups is 1. The first-order chi connectivity index (χ1) is 12.1. The van der Waals surface area contributed by atoms with E-state index >= 15 is 0 Å². The summed E-state index contributed by atoms with van der Waals surface area (Å²) in [5.41, 5.74) is 1.22. The number of methoxy groups -OCH3 is 1. The van der Waals surface area contributed by atoms with E-state index in [0.717, 1.165) is 10.6 Å². The highest BCUT2D eigenvalue weighted by atomic mass is 32.2. The molecule has 1 saturated heterocycles. The van der Waals surface area contributed by atoms with E-state index in [2.05, 4.69) is 17.4 Å². The van der Waals surface area contributed by atoms with Gasteiger partial charge in [-0.15, -0.1) is 11.8 Å². The Morgan fingerprint density at radius 1 is 1.12 bits per heavy atom. The first kappa shape index (κ1) is 17.4. The van der Waals surface area contributed by atoms with Crippen molar-refractivity contribution in [3.63, 3.8) is 0 Å². The minimum absolute atomic E-state index is 0.255. The highest BCUT2D eigenvalue weighted by Crippen LogP contribution is 2.32. The minimum atomic E-state index is -0.656. The number of nitrogens with one attached hydrogen (secondary N) is 1. The highest BCUT2D eigenvalue weighted by molar-refractivity contribution is 7.98. The molecule has 1 atom stereocenters. The van der Waals surface area contributed by atoms with Crippen LogP contribution in [0.1, 0.15) is 18.4 Å². The predicted molar refractivity (Wildman–Crippen MR) is 95.8 cm³/mol. The fourth-order valence-corrected chi connectivity index (χ4v) is 3.43. The summed E-state index contributed by atoms with van der Waals surface area (Å²) in [7, 11) is 1.59. The van der Waals surface area contributed by atoms with Gasteiger partial charge in [0.05, 0.1) is 7.11 Å². The van der Waals surface area contributed by atoms with Crippen LogP contribution in [0.4, 0.5) is 0 Å². The Morgan fingerprint density at radius 2 is 1.88 bits per heavy atom. The number of ether oxygens (including phenoxy) is 2. The lowest BCUT2D eigenvalue weighted by Gasteiger charge is -2.22. The summed E-state index contributed by atoms with van der Waals surface area (Å²) in [6.07, 6.45) is 0.0152. The van der Waals surface area contributed by atoms with Crippen LogP contribution in [0.3, 0.4) is 0 Å². The number of imide groups is 1. The van der Waals surface area contributed by atoms with Gasteiger partial charge in [0.1, 0.15) is 11.5 Å². The summed E-state index contributed by atoms with van der Waals surface area (Å²) in [5, 5.41) is 2.30. The molecule has 0 aromatic heterocycles. The number of benzene rings is 2. The Morgan fingerprint density at radius 3 is 2.60 bits per heavy atom. The van der Waals surface area contributed by atoms with Gasteiger partial charge in [0.25, 0.3) is 5.91 Å². The van der Waals surface area contributed by atoms with Crippen molar-refractivity contribution in [3.05, 3.63) is 54.1 Å². The second kappa shape index (κ2) is 8.07. The molecule has 1 heterocycles. The maximum atomic E-state index is 11.9. The van der Waals surface area contributed by atoms with Crippen LogP contribution >= 0.6 is 11.8 Å². The second-order valence-corrected chi connectivity index (χ2v) is 6.72. The van der Waals surface area contributed by atoms with E-state index in [1.165, 1.54) is 5.56 Å². The van der Waals surface area contributed by atoms with Crippen molar-refractivity contribution in [2.24, 2.45) is 0 Å². The molecule has 5 nitrogen and oxygen atoms in total. The average Bonchev–Trinajstić information content (AvgIpc) is 2.63. The highest BCUT2D eigenvalue weighted by Gasteiger charge is 2.28. The monoisotopic (exact) mass is 357 g/mol. The van der Waals surface area contributed by atoms with Crippen LogP contribution in [0.2, 0.25) is 0 Å². The summed E-state index contributed by atoms with van der Waals surface area (Å²) >= 11 is 1.67. The molecule has 2 aromatic carbocycles. The first-order valence-electron chi connectivity index (χ1n) is 8.00. The molecule has 0 radical (unpaired) electrons. The predicted octanol–water partition coefficient (Wildman–Crippen LogP) is 3.17. The van der Waals surface area contributed by atoms with Crippen molar-refractivity contribution in [3.8, 4) is 11.5 Å². The quantitative estimate of drug-likeness (QED) is 0.635. The molecule has 6 heteroatoms. The van der Waals surface area contributed by atoms with Crippen molar-refractivity contribution in [1.29, 1.82) is 0 Å². The van der Waals surface area contributed by atoms with Gasteiger partial charge in [-0.25, -0.2) is 0 Å². The molecule has 0 saturated carbocycles. The standard InChI is InChI=1S/C19H19NO4S/c1-23-14-9-15(24-17-7-8-18(21)20-19(17)22)11-16(10-14)25-12-13-5-3-2-4-6-13/h2-6,9-11,17H,7-8,12H2,1H3,(H,20,21,22). The van der Waals surface area contributed by atoms with Gasteiger partial charge >= 0.3 is 0 Å². The van der Waals surface area contributed by atoms with Crippen LogP contribution in [-0.2, 0) is 15.3 Å². The number of hydrogen-bond acceptors (Lipinski definition) is 5. The van der Waals surface area contributed by atoms with Crippen LogP contribution in [0, 0.1) is 0 Å². The lowest BCUT2D eigenvalue weighted by Crippen LogP contribution is -2.46. The van der Waals surface area contributed by atoms with Gasteiger partial charge in [-0.2, -0.15) is 0 Å². The Bertz CT molecular complexity index is 763. The average molecular weight is 357 g/mol. The molecule has 0 bridgehead atoms. The number of rotatable bonds is 6. The van der Waals surface area contributed by atoms with Crippen molar-refractivity contribution >= 4 is 23.6 Å². The maximum absolute atomic E-state index is 11.9. The van der Waals surface area contributed by atoms with Crippen LogP contribution in [0.15, 0.2) is 53.4 Å². The molecular formula is C19H19NO4S. The molecule has 2 aromatic rings. The Hall–Kier alpha value is -2.47. The van der Waals surface area contributed by atoms with E-state index in [1.54, 1.807) is 24.9 Å². The second-order valence-electron chi connectivity index (χ2n) is 5.68. The van der Waals surface area contributed by atoms with Gasteiger partial charge in [-0.3, -0.25) is 14.9 Å². The summed E-state index contributed by atoms with van der Waals surface area (Å²) < 4.78 is 11.1. The molecule has 3 rings (SSSR count). The van der Waals surface area contributed by atoms with Crippen LogP contribution < -0.4 is 14.8 Å². The van der Waals surface area contributed by atoms with Crippen LogP contribution in [-0.4, -0.2) is 25.0 Å². The molecule has 0 aliphatic carbocycles. The van der Waals surface area contributed by atoms with Crippen LogP contribution in [0.5, 0.6) is 11.5 Å². The zero-order valence-electron chi connectivity index (χ0n) is 13.9.